The first kappa shape index (κ1) is 11.5. The molecule has 86 valence electrons. The van der Waals surface area contributed by atoms with E-state index in [9.17, 15) is 9.90 Å². The summed E-state index contributed by atoms with van der Waals surface area (Å²) in [5.41, 5.74) is 2.00. The lowest BCUT2D eigenvalue weighted by Gasteiger charge is -2.41. The fourth-order valence-corrected chi connectivity index (χ4v) is 2.59. The molecule has 0 saturated heterocycles. The zero-order chi connectivity index (χ0) is 11.9. The summed E-state index contributed by atoms with van der Waals surface area (Å²) in [7, 11) is 0. The van der Waals surface area contributed by atoms with E-state index in [0.29, 0.717) is 6.54 Å². The van der Waals surface area contributed by atoms with Crippen molar-refractivity contribution >= 4 is 22.0 Å². The van der Waals surface area contributed by atoms with E-state index in [0.717, 1.165) is 16.5 Å². The van der Waals surface area contributed by atoms with Crippen LogP contribution in [0.2, 0.25) is 0 Å². The van der Waals surface area contributed by atoms with E-state index in [-0.39, 0.29) is 5.54 Å². The van der Waals surface area contributed by atoms with E-state index < -0.39 is 6.09 Å². The second-order valence-electron chi connectivity index (χ2n) is 4.77. The highest BCUT2D eigenvalue weighted by atomic mass is 79.9. The predicted molar refractivity (Wildman–Crippen MR) is 65.5 cm³/mol. The molecular formula is C12H14BrNO2. The number of amides is 1. The highest BCUT2D eigenvalue weighted by molar-refractivity contribution is 9.10. The third-order valence-electron chi connectivity index (χ3n) is 3.08. The lowest BCUT2D eigenvalue weighted by atomic mass is 9.86. The van der Waals surface area contributed by atoms with Gasteiger partial charge in [0, 0.05) is 16.6 Å². The summed E-state index contributed by atoms with van der Waals surface area (Å²) >= 11 is 3.44. The molecule has 1 aromatic carbocycles. The molecule has 0 atom stereocenters. The smallest absolute Gasteiger partial charge is 0.408 e. The monoisotopic (exact) mass is 283 g/mol. The molecule has 1 aliphatic heterocycles. The van der Waals surface area contributed by atoms with Gasteiger partial charge < -0.3 is 5.11 Å². The van der Waals surface area contributed by atoms with Gasteiger partial charge in [-0.1, -0.05) is 22.0 Å². The first-order chi connectivity index (χ1) is 7.40. The minimum absolute atomic E-state index is 0.334. The second kappa shape index (κ2) is 3.77. The van der Waals surface area contributed by atoms with Crippen molar-refractivity contribution in [2.24, 2.45) is 0 Å². The molecule has 0 fully saturated rings. The summed E-state index contributed by atoms with van der Waals surface area (Å²) in [5.74, 6) is 0. The topological polar surface area (TPSA) is 40.5 Å². The molecule has 1 heterocycles. The van der Waals surface area contributed by atoms with Crippen LogP contribution in [0.15, 0.2) is 22.7 Å². The third-order valence-corrected chi connectivity index (χ3v) is 3.57. The lowest BCUT2D eigenvalue weighted by Crippen LogP contribution is -2.50. The Kier molecular flexibility index (Phi) is 2.70. The Balaban J connectivity index is 2.42. The molecule has 1 amide bonds. The van der Waals surface area contributed by atoms with Gasteiger partial charge in [-0.3, -0.25) is 4.90 Å². The van der Waals surface area contributed by atoms with Crippen molar-refractivity contribution in [1.29, 1.82) is 0 Å². The van der Waals surface area contributed by atoms with Gasteiger partial charge in [0.15, 0.2) is 0 Å². The van der Waals surface area contributed by atoms with Gasteiger partial charge in [-0.25, -0.2) is 4.79 Å². The fraction of sp³-hybridized carbons (Fsp3) is 0.417. The Morgan fingerprint density at radius 1 is 1.44 bits per heavy atom. The van der Waals surface area contributed by atoms with Gasteiger partial charge >= 0.3 is 6.09 Å². The van der Waals surface area contributed by atoms with Crippen LogP contribution in [-0.4, -0.2) is 21.6 Å². The summed E-state index contributed by atoms with van der Waals surface area (Å²) < 4.78 is 1.05. The number of hydrogen-bond acceptors (Lipinski definition) is 1. The molecule has 1 aromatic rings. The normalized spacial score (nSPS) is 18.1. The zero-order valence-corrected chi connectivity index (χ0v) is 10.9. The SMILES string of the molecule is CC1(C)Cc2cc(Br)ccc2CN1C(=O)O. The van der Waals surface area contributed by atoms with Crippen LogP contribution in [0.4, 0.5) is 4.79 Å². The summed E-state index contributed by atoms with van der Waals surface area (Å²) in [4.78, 5) is 12.7. The molecular weight excluding hydrogens is 270 g/mol. The molecule has 0 bridgehead atoms. The van der Waals surface area contributed by atoms with Crippen molar-refractivity contribution in [3.05, 3.63) is 33.8 Å². The molecule has 0 spiro atoms. The average molecular weight is 284 g/mol. The largest absolute Gasteiger partial charge is 0.465 e. The fourth-order valence-electron chi connectivity index (χ4n) is 2.19. The Labute approximate surface area is 103 Å². The van der Waals surface area contributed by atoms with Gasteiger partial charge in [-0.05, 0) is 43.5 Å². The van der Waals surface area contributed by atoms with Crippen LogP contribution in [0.5, 0.6) is 0 Å². The van der Waals surface area contributed by atoms with Gasteiger partial charge in [0.05, 0.1) is 0 Å². The van der Waals surface area contributed by atoms with Crippen molar-refractivity contribution in [2.45, 2.75) is 32.4 Å². The Morgan fingerprint density at radius 3 is 2.75 bits per heavy atom. The van der Waals surface area contributed by atoms with Crippen LogP contribution in [-0.2, 0) is 13.0 Å². The van der Waals surface area contributed by atoms with Gasteiger partial charge in [-0.15, -0.1) is 0 Å². The minimum atomic E-state index is -0.849. The summed E-state index contributed by atoms with van der Waals surface area (Å²) in [6.45, 7) is 4.40. The molecule has 2 rings (SSSR count). The Morgan fingerprint density at radius 2 is 2.12 bits per heavy atom. The molecule has 0 radical (unpaired) electrons. The summed E-state index contributed by atoms with van der Waals surface area (Å²) in [5, 5.41) is 9.17. The Hall–Kier alpha value is -1.03. The van der Waals surface area contributed by atoms with Crippen LogP contribution >= 0.6 is 15.9 Å². The summed E-state index contributed by atoms with van der Waals surface area (Å²) in [6.07, 6.45) is -0.0905. The average Bonchev–Trinajstić information content (AvgIpc) is 2.14. The van der Waals surface area contributed by atoms with Crippen LogP contribution in [0.3, 0.4) is 0 Å². The van der Waals surface area contributed by atoms with Gasteiger partial charge in [0.25, 0.3) is 0 Å². The molecule has 1 aliphatic rings. The van der Waals surface area contributed by atoms with Crippen molar-refractivity contribution < 1.29 is 9.90 Å². The Bertz CT molecular complexity index is 443. The highest BCUT2D eigenvalue weighted by Crippen LogP contribution is 2.32. The first-order valence-corrected chi connectivity index (χ1v) is 5.97. The maximum atomic E-state index is 11.2. The number of carboxylic acid groups (broad SMARTS) is 1. The standard InChI is InChI=1S/C12H14BrNO2/c1-12(2)6-9-5-10(13)4-3-8(9)7-14(12)11(15)16/h3-5H,6-7H2,1-2H3,(H,15,16). The number of rotatable bonds is 0. The van der Waals surface area contributed by atoms with Crippen LogP contribution < -0.4 is 0 Å². The van der Waals surface area contributed by atoms with E-state index in [1.165, 1.54) is 10.5 Å². The summed E-state index contributed by atoms with van der Waals surface area (Å²) in [6, 6.07) is 6.03. The maximum Gasteiger partial charge on any atom is 0.408 e. The first-order valence-electron chi connectivity index (χ1n) is 5.18. The van der Waals surface area contributed by atoms with Gasteiger partial charge in [0.1, 0.15) is 0 Å². The van der Waals surface area contributed by atoms with Gasteiger partial charge in [-0.2, -0.15) is 0 Å². The lowest BCUT2D eigenvalue weighted by molar-refractivity contribution is 0.0800. The van der Waals surface area contributed by atoms with E-state index in [1.54, 1.807) is 0 Å². The van der Waals surface area contributed by atoms with Crippen LogP contribution in [0.25, 0.3) is 0 Å². The van der Waals surface area contributed by atoms with E-state index in [4.69, 9.17) is 0 Å². The van der Waals surface area contributed by atoms with E-state index in [1.807, 2.05) is 26.0 Å². The van der Waals surface area contributed by atoms with Crippen molar-refractivity contribution in [3.8, 4) is 0 Å². The molecule has 0 aromatic heterocycles. The number of hydrogen-bond donors (Lipinski definition) is 1. The van der Waals surface area contributed by atoms with Crippen LogP contribution in [0, 0.1) is 0 Å². The number of benzene rings is 1. The van der Waals surface area contributed by atoms with Crippen molar-refractivity contribution in [2.75, 3.05) is 0 Å². The zero-order valence-electron chi connectivity index (χ0n) is 9.33. The quantitative estimate of drug-likeness (QED) is 0.794. The van der Waals surface area contributed by atoms with E-state index in [2.05, 4.69) is 22.0 Å². The highest BCUT2D eigenvalue weighted by Gasteiger charge is 2.35. The molecule has 0 saturated carbocycles. The molecule has 3 nitrogen and oxygen atoms in total. The molecule has 16 heavy (non-hydrogen) atoms. The second-order valence-corrected chi connectivity index (χ2v) is 5.69. The van der Waals surface area contributed by atoms with Crippen molar-refractivity contribution in [1.82, 2.24) is 4.90 Å². The molecule has 0 aliphatic carbocycles. The third kappa shape index (κ3) is 1.94. The number of fused-ring (bicyclic) bond motifs is 1. The number of nitrogens with zero attached hydrogens (tertiary/aromatic N) is 1. The maximum absolute atomic E-state index is 11.2. The number of halogens is 1. The molecule has 1 N–H and O–H groups in total. The minimum Gasteiger partial charge on any atom is -0.465 e. The van der Waals surface area contributed by atoms with Crippen molar-refractivity contribution in [3.63, 3.8) is 0 Å². The van der Waals surface area contributed by atoms with Crippen LogP contribution in [0.1, 0.15) is 25.0 Å². The molecule has 4 heteroatoms. The van der Waals surface area contributed by atoms with Gasteiger partial charge in [0.2, 0.25) is 0 Å². The number of carbonyl (C=O) groups is 1. The molecule has 0 unspecified atom stereocenters. The predicted octanol–water partition coefficient (Wildman–Crippen LogP) is 3.26. The van der Waals surface area contributed by atoms with E-state index >= 15 is 0 Å².